The molecular formula is C25H44N3O11P. The summed E-state index contributed by atoms with van der Waals surface area (Å²) in [5.41, 5.74) is 5.87. The van der Waals surface area contributed by atoms with Gasteiger partial charge < -0.3 is 34.7 Å². The molecule has 0 aliphatic heterocycles. The maximum atomic E-state index is 13.3. The lowest BCUT2D eigenvalue weighted by atomic mass is 9.98. The predicted octanol–water partition coefficient (Wildman–Crippen LogP) is 4.60. The van der Waals surface area contributed by atoms with Crippen LogP contribution in [-0.2, 0) is 37.4 Å². The van der Waals surface area contributed by atoms with Gasteiger partial charge in [0.25, 0.3) is 0 Å². The van der Waals surface area contributed by atoms with Crippen LogP contribution in [0.1, 0.15) is 84.0 Å². The Labute approximate surface area is 235 Å². The normalized spacial score (nSPS) is 18.0. The van der Waals surface area contributed by atoms with Gasteiger partial charge in [-0.3, -0.25) is 9.05 Å². The van der Waals surface area contributed by atoms with Gasteiger partial charge in [-0.1, -0.05) is 12.8 Å². The lowest BCUT2D eigenvalue weighted by Gasteiger charge is -2.23. The fourth-order valence-corrected chi connectivity index (χ4v) is 5.45. The van der Waals surface area contributed by atoms with Gasteiger partial charge in [0.05, 0.1) is 26.4 Å². The molecule has 2 rings (SSSR count). The molecule has 230 valence electrons. The lowest BCUT2D eigenvalue weighted by molar-refractivity contribution is -0.140. The Balaban J connectivity index is 1.80. The van der Waals surface area contributed by atoms with Gasteiger partial charge in [0.15, 0.2) is 0 Å². The fraction of sp³-hybridized carbons (Fsp3) is 0.840. The van der Waals surface area contributed by atoms with Crippen molar-refractivity contribution >= 4 is 32.0 Å². The van der Waals surface area contributed by atoms with Crippen LogP contribution in [0.3, 0.4) is 0 Å². The lowest BCUT2D eigenvalue weighted by Crippen LogP contribution is -2.44. The molecule has 2 aliphatic carbocycles. The second kappa shape index (κ2) is 18.0. The van der Waals surface area contributed by atoms with Crippen LogP contribution >= 0.6 is 7.75 Å². The molecule has 0 aromatic rings. The van der Waals surface area contributed by atoms with E-state index < -0.39 is 32.1 Å². The van der Waals surface area contributed by atoms with Gasteiger partial charge in [0.2, 0.25) is 5.96 Å². The Morgan fingerprint density at radius 3 is 1.68 bits per heavy atom. The van der Waals surface area contributed by atoms with Crippen LogP contribution in [0.15, 0.2) is 4.76 Å². The number of carbonyl (C=O) groups excluding carboxylic acids is 2. The Kier molecular flexibility index (Phi) is 15.1. The number of nitrogens with zero attached hydrogens (tertiary/aromatic N) is 2. The number of guanidine groups is 1. The molecule has 0 bridgehead atoms. The van der Waals surface area contributed by atoms with Gasteiger partial charge in [0.1, 0.15) is 18.2 Å². The van der Waals surface area contributed by atoms with Gasteiger partial charge in [-0.15, -0.1) is 4.76 Å². The minimum Gasteiger partial charge on any atom is -0.480 e. The molecule has 2 aliphatic rings. The number of carboxylic acid groups (broad SMARTS) is 1. The van der Waals surface area contributed by atoms with Crippen LogP contribution < -0.4 is 5.73 Å². The molecule has 0 aromatic carbocycles. The van der Waals surface area contributed by atoms with Gasteiger partial charge in [-0.2, -0.15) is 0 Å². The van der Waals surface area contributed by atoms with E-state index in [9.17, 15) is 24.1 Å². The van der Waals surface area contributed by atoms with Crippen LogP contribution in [0, 0.1) is 0 Å². The summed E-state index contributed by atoms with van der Waals surface area (Å²) in [6, 6.07) is -1.05. The van der Waals surface area contributed by atoms with Crippen molar-refractivity contribution in [2.75, 3.05) is 33.5 Å². The van der Waals surface area contributed by atoms with Gasteiger partial charge in [-0.05, 0) is 58.3 Å². The molecule has 0 aromatic heterocycles. The molecule has 15 heteroatoms. The molecule has 2 fully saturated rings. The number of likely N-dealkylation sites (N-methyl/N-ethyl adjacent to an activating group) is 1. The first-order chi connectivity index (χ1) is 19.1. The highest BCUT2D eigenvalue weighted by Crippen LogP contribution is 2.50. The summed E-state index contributed by atoms with van der Waals surface area (Å²) < 4.78 is 48.6. The van der Waals surface area contributed by atoms with Crippen LogP contribution in [0.25, 0.3) is 0 Å². The zero-order valence-corrected chi connectivity index (χ0v) is 24.4. The van der Waals surface area contributed by atoms with E-state index in [0.717, 1.165) is 69.1 Å². The highest BCUT2D eigenvalue weighted by atomic mass is 31.2. The molecule has 1 atom stereocenters. The standard InChI is InChI=1S/C25H44N3O11P/c1-19(22(29)30)28(2)23(26)27-40(33,36-17-9-15-34-24(31)38-20-11-5-3-6-12-20)37-18-10-16-35-25(32)39-21-13-7-4-8-14-21/h19-21H,3-18H2,1-2H3,(H,29,30)(H2,26,27,33). The number of aliphatic carboxylic acids is 1. The van der Waals surface area contributed by atoms with Crippen molar-refractivity contribution in [1.82, 2.24) is 4.90 Å². The zero-order valence-electron chi connectivity index (χ0n) is 23.5. The number of hydrogen-bond donors (Lipinski definition) is 2. The van der Waals surface area contributed by atoms with Crippen LogP contribution in [0.5, 0.6) is 0 Å². The predicted molar refractivity (Wildman–Crippen MR) is 144 cm³/mol. The number of carboxylic acids is 1. The molecule has 2 saturated carbocycles. The molecule has 3 N–H and O–H groups in total. The van der Waals surface area contributed by atoms with E-state index in [-0.39, 0.29) is 57.4 Å². The summed E-state index contributed by atoms with van der Waals surface area (Å²) in [6.07, 6.45) is 8.14. The average Bonchev–Trinajstić information content (AvgIpc) is 2.92. The number of nitrogens with two attached hydrogens (primary N) is 1. The summed E-state index contributed by atoms with van der Waals surface area (Å²) in [7, 11) is -2.83. The fourth-order valence-electron chi connectivity index (χ4n) is 4.15. The largest absolute Gasteiger partial charge is 0.508 e. The van der Waals surface area contributed by atoms with E-state index >= 15 is 0 Å². The summed E-state index contributed by atoms with van der Waals surface area (Å²) in [5.74, 6) is -1.52. The van der Waals surface area contributed by atoms with Crippen molar-refractivity contribution < 1.29 is 52.1 Å². The second-order valence-electron chi connectivity index (χ2n) is 9.88. The molecule has 0 radical (unpaired) electrons. The number of carbonyl (C=O) groups is 3. The number of rotatable bonds is 15. The van der Waals surface area contributed by atoms with Crippen molar-refractivity contribution in [1.29, 1.82) is 0 Å². The quantitative estimate of drug-likeness (QED) is 0.0883. The first-order valence-corrected chi connectivity index (χ1v) is 15.5. The first-order valence-electron chi connectivity index (χ1n) is 14.0. The van der Waals surface area contributed by atoms with E-state index in [1.807, 2.05) is 0 Å². The van der Waals surface area contributed by atoms with E-state index in [0.29, 0.717) is 0 Å². The zero-order chi connectivity index (χ0) is 29.4. The third kappa shape index (κ3) is 13.2. The second-order valence-corrected chi connectivity index (χ2v) is 11.5. The molecular weight excluding hydrogens is 549 g/mol. The van der Waals surface area contributed by atoms with E-state index in [1.165, 1.54) is 14.0 Å². The third-order valence-electron chi connectivity index (χ3n) is 6.68. The summed E-state index contributed by atoms with van der Waals surface area (Å²) in [6.45, 7) is 0.973. The molecule has 40 heavy (non-hydrogen) atoms. The molecule has 0 amide bonds. The van der Waals surface area contributed by atoms with E-state index in [1.54, 1.807) is 0 Å². The molecule has 0 heterocycles. The summed E-state index contributed by atoms with van der Waals surface area (Å²) in [5, 5.41) is 9.21. The maximum Gasteiger partial charge on any atom is 0.508 e. The summed E-state index contributed by atoms with van der Waals surface area (Å²) >= 11 is 0. The highest BCUT2D eigenvalue weighted by molar-refractivity contribution is 7.52. The van der Waals surface area contributed by atoms with Gasteiger partial charge in [0, 0.05) is 19.9 Å². The monoisotopic (exact) mass is 593 g/mol. The van der Waals surface area contributed by atoms with Crippen LogP contribution in [-0.4, -0.2) is 86.0 Å². The van der Waals surface area contributed by atoms with Gasteiger partial charge >= 0.3 is 26.0 Å². The first kappa shape index (κ1) is 33.6. The van der Waals surface area contributed by atoms with Crippen LogP contribution in [0.2, 0.25) is 0 Å². The van der Waals surface area contributed by atoms with Gasteiger partial charge in [-0.25, -0.2) is 18.9 Å². The minimum atomic E-state index is -4.20. The topological polar surface area (TPSA) is 186 Å². The Hall–Kier alpha value is -2.57. The summed E-state index contributed by atoms with van der Waals surface area (Å²) in [4.78, 5) is 36.1. The van der Waals surface area contributed by atoms with E-state index in [2.05, 4.69) is 4.76 Å². The van der Waals surface area contributed by atoms with Crippen molar-refractivity contribution in [3.63, 3.8) is 0 Å². The number of hydrogen-bond acceptors (Lipinski definition) is 10. The Morgan fingerprint density at radius 1 is 0.850 bits per heavy atom. The third-order valence-corrected chi connectivity index (χ3v) is 8.15. The molecule has 1 unspecified atom stereocenters. The Morgan fingerprint density at radius 2 is 1.27 bits per heavy atom. The molecule has 0 saturated heterocycles. The highest BCUT2D eigenvalue weighted by Gasteiger charge is 2.28. The van der Waals surface area contributed by atoms with Crippen molar-refractivity contribution in [3.05, 3.63) is 0 Å². The minimum absolute atomic E-state index is 0.0440. The number of ether oxygens (including phenoxy) is 4. The average molecular weight is 594 g/mol. The Bertz CT molecular complexity index is 830. The SMILES string of the molecule is CC(C(=O)O)N(C)C(N)=NP(=O)(OCCCOC(=O)OC1CCCCC1)OCCCOC(=O)OC1CCCCC1. The molecule has 14 nitrogen and oxygen atoms in total. The van der Waals surface area contributed by atoms with Crippen molar-refractivity contribution in [3.8, 4) is 0 Å². The van der Waals surface area contributed by atoms with Crippen molar-refractivity contribution in [2.24, 2.45) is 10.5 Å². The van der Waals surface area contributed by atoms with E-state index in [4.69, 9.17) is 33.7 Å². The maximum absolute atomic E-state index is 13.3. The smallest absolute Gasteiger partial charge is 0.480 e. The van der Waals surface area contributed by atoms with Crippen LogP contribution in [0.4, 0.5) is 9.59 Å². The van der Waals surface area contributed by atoms with Crippen molar-refractivity contribution in [2.45, 2.75) is 102 Å². The molecule has 0 spiro atoms.